The summed E-state index contributed by atoms with van der Waals surface area (Å²) in [4.78, 5) is 36.6. The van der Waals surface area contributed by atoms with E-state index in [1.165, 1.54) is 5.56 Å². The van der Waals surface area contributed by atoms with Gasteiger partial charge < -0.3 is 19.6 Å². The number of nitrogens with zero attached hydrogens (tertiary/aromatic N) is 4. The highest BCUT2D eigenvalue weighted by Crippen LogP contribution is 2.22. The Morgan fingerprint density at radius 3 is 2.61 bits per heavy atom. The van der Waals surface area contributed by atoms with Crippen molar-refractivity contribution in [2.24, 2.45) is 0 Å². The van der Waals surface area contributed by atoms with Crippen molar-refractivity contribution in [1.29, 1.82) is 0 Å². The lowest BCUT2D eigenvalue weighted by molar-refractivity contribution is 0.0958. The number of rotatable bonds is 4. The Bertz CT molecular complexity index is 1410. The van der Waals surface area contributed by atoms with Gasteiger partial charge in [-0.05, 0) is 55.3 Å². The van der Waals surface area contributed by atoms with Crippen molar-refractivity contribution in [2.75, 3.05) is 38.1 Å². The van der Waals surface area contributed by atoms with Crippen molar-refractivity contribution in [1.82, 2.24) is 24.6 Å². The summed E-state index contributed by atoms with van der Waals surface area (Å²) in [6.45, 7) is 8.40. The van der Waals surface area contributed by atoms with Crippen molar-refractivity contribution < 1.29 is 4.79 Å². The number of aromatic amines is 1. The van der Waals surface area contributed by atoms with Crippen LogP contribution in [0.3, 0.4) is 0 Å². The van der Waals surface area contributed by atoms with Crippen LogP contribution in [0.2, 0.25) is 0 Å². The quantitative estimate of drug-likeness (QED) is 0.505. The lowest BCUT2D eigenvalue weighted by atomic mass is 10.1. The highest BCUT2D eigenvalue weighted by Gasteiger charge is 2.20. The topological polar surface area (TPSA) is 85.7 Å². The Morgan fingerprint density at radius 2 is 1.88 bits per heavy atom. The third kappa shape index (κ3) is 3.87. The molecule has 0 atom stereocenters. The third-order valence-corrected chi connectivity index (χ3v) is 6.51. The molecule has 3 aromatic heterocycles. The van der Waals surface area contributed by atoms with Crippen LogP contribution in [0, 0.1) is 13.8 Å². The molecular formula is C25H28N6O2. The fraction of sp³-hybridized carbons (Fsp3) is 0.320. The Morgan fingerprint density at radius 1 is 1.09 bits per heavy atom. The van der Waals surface area contributed by atoms with Gasteiger partial charge in [0.2, 0.25) is 0 Å². The molecule has 1 fully saturated rings. The first-order valence-corrected chi connectivity index (χ1v) is 11.2. The summed E-state index contributed by atoms with van der Waals surface area (Å²) in [5, 5.41) is 2.62. The number of aryl methyl sites for hydroxylation is 2. The fourth-order valence-electron chi connectivity index (χ4n) is 4.74. The number of carbonyl (C=O) groups is 1. The molecule has 2 N–H and O–H groups in total. The normalized spacial score (nSPS) is 14.8. The summed E-state index contributed by atoms with van der Waals surface area (Å²) >= 11 is 0. The average Bonchev–Trinajstić information content (AvgIpc) is 3.21. The van der Waals surface area contributed by atoms with E-state index in [0.29, 0.717) is 11.2 Å². The number of hydrogen-bond acceptors (Lipinski definition) is 5. The van der Waals surface area contributed by atoms with Gasteiger partial charge >= 0.3 is 0 Å². The maximum atomic E-state index is 12.5. The van der Waals surface area contributed by atoms with Crippen molar-refractivity contribution >= 4 is 28.1 Å². The van der Waals surface area contributed by atoms with E-state index in [0.717, 1.165) is 60.7 Å². The highest BCUT2D eigenvalue weighted by atomic mass is 16.1. The SMILES string of the molecule is CNC(=O)c1ccc(N2CCN(Cc3ccc4c(c3)[nH]c(=O)c3c(C)ccn34)CC2)c(C)n1. The highest BCUT2D eigenvalue weighted by molar-refractivity contribution is 5.92. The summed E-state index contributed by atoms with van der Waals surface area (Å²) < 4.78 is 1.97. The largest absolute Gasteiger partial charge is 0.368 e. The lowest BCUT2D eigenvalue weighted by Gasteiger charge is -2.36. The van der Waals surface area contributed by atoms with Crippen molar-refractivity contribution in [3.8, 4) is 0 Å². The number of H-pyrrole nitrogens is 1. The summed E-state index contributed by atoms with van der Waals surface area (Å²) in [7, 11) is 1.61. The van der Waals surface area contributed by atoms with Gasteiger partial charge in [-0.15, -0.1) is 0 Å². The van der Waals surface area contributed by atoms with Crippen LogP contribution < -0.4 is 15.8 Å². The van der Waals surface area contributed by atoms with E-state index in [1.807, 2.05) is 36.6 Å². The Kier molecular flexibility index (Phi) is 5.38. The van der Waals surface area contributed by atoms with E-state index in [4.69, 9.17) is 0 Å². The molecule has 8 nitrogen and oxygen atoms in total. The molecule has 0 spiro atoms. The standard InChI is InChI=1S/C25H28N6O2/c1-16-8-9-31-22-6-4-18(14-20(22)28-25(33)23(16)31)15-29-10-12-30(13-11-29)21-7-5-19(24(32)26-3)27-17(21)2/h4-9,14H,10-13,15H2,1-3H3,(H,26,32)(H,28,33). The van der Waals surface area contributed by atoms with Gasteiger partial charge in [-0.3, -0.25) is 14.5 Å². The van der Waals surface area contributed by atoms with Crippen LogP contribution in [0.15, 0.2) is 47.4 Å². The zero-order valence-corrected chi connectivity index (χ0v) is 19.2. The molecule has 0 bridgehead atoms. The second kappa shape index (κ2) is 8.37. The molecular weight excluding hydrogens is 416 g/mol. The van der Waals surface area contributed by atoms with E-state index in [-0.39, 0.29) is 11.5 Å². The first-order valence-electron chi connectivity index (χ1n) is 11.2. The molecule has 0 radical (unpaired) electrons. The number of hydrogen-bond donors (Lipinski definition) is 2. The van der Waals surface area contributed by atoms with E-state index < -0.39 is 0 Å². The molecule has 1 amide bonds. The van der Waals surface area contributed by atoms with E-state index >= 15 is 0 Å². The van der Waals surface area contributed by atoms with Gasteiger partial charge in [-0.2, -0.15) is 0 Å². The number of amides is 1. The number of carbonyl (C=O) groups excluding carboxylic acids is 1. The van der Waals surface area contributed by atoms with Crippen LogP contribution in [0.5, 0.6) is 0 Å². The molecule has 1 aliphatic heterocycles. The molecule has 1 aliphatic rings. The summed E-state index contributed by atoms with van der Waals surface area (Å²) in [6, 6.07) is 12.1. The van der Waals surface area contributed by atoms with Crippen molar-refractivity contribution in [3.05, 3.63) is 75.5 Å². The maximum Gasteiger partial charge on any atom is 0.272 e. The molecule has 8 heteroatoms. The van der Waals surface area contributed by atoms with Crippen LogP contribution in [0.4, 0.5) is 5.69 Å². The molecule has 33 heavy (non-hydrogen) atoms. The van der Waals surface area contributed by atoms with Gasteiger partial charge in [0.15, 0.2) is 0 Å². The molecule has 4 aromatic rings. The lowest BCUT2D eigenvalue weighted by Crippen LogP contribution is -2.46. The number of piperazine rings is 1. The number of anilines is 1. The van der Waals surface area contributed by atoms with Gasteiger partial charge in [-0.1, -0.05) is 6.07 Å². The summed E-state index contributed by atoms with van der Waals surface area (Å²) in [6.07, 6.45) is 1.96. The van der Waals surface area contributed by atoms with Crippen LogP contribution in [-0.4, -0.2) is 58.4 Å². The average molecular weight is 445 g/mol. The van der Waals surface area contributed by atoms with Crippen molar-refractivity contribution in [2.45, 2.75) is 20.4 Å². The minimum atomic E-state index is -0.168. The van der Waals surface area contributed by atoms with Gasteiger partial charge in [-0.25, -0.2) is 4.98 Å². The maximum absolute atomic E-state index is 12.5. The van der Waals surface area contributed by atoms with Crippen LogP contribution in [0.1, 0.15) is 27.3 Å². The van der Waals surface area contributed by atoms with E-state index in [2.05, 4.69) is 43.3 Å². The summed E-state index contributed by atoms with van der Waals surface area (Å²) in [5.41, 5.74) is 7.08. The Labute approximate surface area is 191 Å². The minimum Gasteiger partial charge on any atom is -0.368 e. The minimum absolute atomic E-state index is 0.0535. The van der Waals surface area contributed by atoms with Crippen LogP contribution >= 0.6 is 0 Å². The predicted molar refractivity (Wildman–Crippen MR) is 130 cm³/mol. The number of pyridine rings is 1. The van der Waals surface area contributed by atoms with Crippen LogP contribution in [-0.2, 0) is 6.54 Å². The fourth-order valence-corrected chi connectivity index (χ4v) is 4.74. The molecule has 1 saturated heterocycles. The number of aromatic nitrogens is 3. The zero-order chi connectivity index (χ0) is 23.1. The molecule has 0 saturated carbocycles. The molecule has 170 valence electrons. The molecule has 4 heterocycles. The summed E-state index contributed by atoms with van der Waals surface area (Å²) in [5.74, 6) is -0.168. The van der Waals surface area contributed by atoms with Crippen LogP contribution in [0.25, 0.3) is 16.6 Å². The molecule has 0 unspecified atom stereocenters. The second-order valence-electron chi connectivity index (χ2n) is 8.67. The van der Waals surface area contributed by atoms with Gasteiger partial charge in [0.25, 0.3) is 11.5 Å². The van der Waals surface area contributed by atoms with E-state index in [9.17, 15) is 9.59 Å². The van der Waals surface area contributed by atoms with Gasteiger partial charge in [0.1, 0.15) is 11.2 Å². The van der Waals surface area contributed by atoms with Gasteiger partial charge in [0, 0.05) is 46.0 Å². The molecule has 5 rings (SSSR count). The monoisotopic (exact) mass is 444 g/mol. The zero-order valence-electron chi connectivity index (χ0n) is 19.2. The van der Waals surface area contributed by atoms with Gasteiger partial charge in [0.05, 0.1) is 22.4 Å². The smallest absolute Gasteiger partial charge is 0.272 e. The number of benzene rings is 1. The van der Waals surface area contributed by atoms with E-state index in [1.54, 1.807) is 13.1 Å². The number of fused-ring (bicyclic) bond motifs is 3. The second-order valence-corrected chi connectivity index (χ2v) is 8.67. The molecule has 0 aliphatic carbocycles. The Balaban J connectivity index is 1.29. The third-order valence-electron chi connectivity index (χ3n) is 6.51. The number of nitrogens with one attached hydrogen (secondary N) is 2. The molecule has 1 aromatic carbocycles. The first-order chi connectivity index (χ1) is 15.9. The predicted octanol–water partition coefficient (Wildman–Crippen LogP) is 2.47. The Hall–Kier alpha value is -3.65. The first kappa shape index (κ1) is 21.2. The van der Waals surface area contributed by atoms with Crippen molar-refractivity contribution in [3.63, 3.8) is 0 Å².